The third-order valence-corrected chi connectivity index (χ3v) is 3.20. The maximum absolute atomic E-state index is 13.6. The first-order valence-electron chi connectivity index (χ1n) is 6.77. The first-order valence-corrected chi connectivity index (χ1v) is 6.77. The molecule has 0 aromatic heterocycles. The van der Waals surface area contributed by atoms with Crippen LogP contribution in [0.4, 0.5) is 13.2 Å². The quantitative estimate of drug-likeness (QED) is 0.464. The Morgan fingerprint density at radius 3 is 2.32 bits per heavy atom. The van der Waals surface area contributed by atoms with Crippen LogP contribution < -0.4 is 4.74 Å². The van der Waals surface area contributed by atoms with Gasteiger partial charge in [-0.3, -0.25) is 0 Å². The fourth-order valence-electron chi connectivity index (χ4n) is 2.04. The number of aryl methyl sites for hydroxylation is 1. The van der Waals surface area contributed by atoms with E-state index in [-0.39, 0.29) is 11.7 Å². The van der Waals surface area contributed by atoms with Gasteiger partial charge in [0.2, 0.25) is 0 Å². The number of esters is 1. The van der Waals surface area contributed by atoms with E-state index in [9.17, 15) is 18.0 Å². The minimum absolute atomic E-state index is 0.164. The van der Waals surface area contributed by atoms with Gasteiger partial charge in [0.15, 0.2) is 11.6 Å². The van der Waals surface area contributed by atoms with Crippen molar-refractivity contribution in [3.05, 3.63) is 64.5 Å². The molecule has 2 aromatic rings. The summed E-state index contributed by atoms with van der Waals surface area (Å²) in [6.07, 6.45) is 0. The highest BCUT2D eigenvalue weighted by atomic mass is 19.2. The number of rotatable bonds is 3. The molecule has 2 rings (SSSR count). The molecule has 0 atom stereocenters. The average Bonchev–Trinajstić information content (AvgIpc) is 2.42. The van der Waals surface area contributed by atoms with Crippen molar-refractivity contribution in [2.24, 2.45) is 0 Å². The van der Waals surface area contributed by atoms with Crippen LogP contribution in [-0.2, 0) is 0 Å². The molecule has 0 aliphatic carbocycles. The predicted molar refractivity (Wildman–Crippen MR) is 76.5 cm³/mol. The van der Waals surface area contributed by atoms with Gasteiger partial charge in [0, 0.05) is 0 Å². The van der Waals surface area contributed by atoms with Crippen molar-refractivity contribution in [2.45, 2.75) is 26.7 Å². The summed E-state index contributed by atoms with van der Waals surface area (Å²) in [5.74, 6) is -4.94. The highest BCUT2D eigenvalue weighted by Gasteiger charge is 2.23. The minimum atomic E-state index is -1.55. The van der Waals surface area contributed by atoms with Crippen molar-refractivity contribution in [2.75, 3.05) is 0 Å². The number of carbonyl (C=O) groups is 1. The maximum atomic E-state index is 13.6. The molecule has 2 aromatic carbocycles. The number of halogens is 3. The molecule has 116 valence electrons. The van der Waals surface area contributed by atoms with Crippen LogP contribution in [0.1, 0.15) is 41.3 Å². The largest absolute Gasteiger partial charge is 0.423 e. The SMILES string of the molecule is Cc1cc(OC(=O)c2c(F)ccc(F)c2F)cc(C(C)C)c1. The summed E-state index contributed by atoms with van der Waals surface area (Å²) in [5, 5.41) is 0. The monoisotopic (exact) mass is 308 g/mol. The van der Waals surface area contributed by atoms with Crippen molar-refractivity contribution in [3.63, 3.8) is 0 Å². The second-order valence-corrected chi connectivity index (χ2v) is 5.34. The van der Waals surface area contributed by atoms with E-state index >= 15 is 0 Å². The maximum Gasteiger partial charge on any atom is 0.349 e. The standard InChI is InChI=1S/C17H15F3O2/c1-9(2)11-6-10(3)7-12(8-11)22-17(21)15-13(18)4-5-14(19)16(15)20/h4-9H,1-3H3. The first kappa shape index (κ1) is 16.1. The van der Waals surface area contributed by atoms with Crippen LogP contribution in [-0.4, -0.2) is 5.97 Å². The van der Waals surface area contributed by atoms with Gasteiger partial charge in [-0.25, -0.2) is 18.0 Å². The molecule has 0 N–H and O–H groups in total. The van der Waals surface area contributed by atoms with Crippen LogP contribution in [0.25, 0.3) is 0 Å². The van der Waals surface area contributed by atoms with E-state index < -0.39 is 29.0 Å². The Hall–Kier alpha value is -2.30. The summed E-state index contributed by atoms with van der Waals surface area (Å²) >= 11 is 0. The van der Waals surface area contributed by atoms with Gasteiger partial charge in [-0.1, -0.05) is 19.9 Å². The Labute approximate surface area is 126 Å². The Morgan fingerprint density at radius 2 is 1.68 bits per heavy atom. The van der Waals surface area contributed by atoms with Gasteiger partial charge in [0.1, 0.15) is 17.1 Å². The molecule has 0 aliphatic heterocycles. The predicted octanol–water partition coefficient (Wildman–Crippen LogP) is 4.75. The Kier molecular flexibility index (Phi) is 4.54. The number of benzene rings is 2. The van der Waals surface area contributed by atoms with Gasteiger partial charge in [-0.15, -0.1) is 0 Å². The zero-order chi connectivity index (χ0) is 16.4. The molecule has 0 radical (unpaired) electrons. The normalized spacial score (nSPS) is 10.9. The van der Waals surface area contributed by atoms with Gasteiger partial charge in [-0.2, -0.15) is 0 Å². The lowest BCUT2D eigenvalue weighted by molar-refractivity contribution is 0.0723. The average molecular weight is 308 g/mol. The molecule has 0 amide bonds. The molecular weight excluding hydrogens is 293 g/mol. The minimum Gasteiger partial charge on any atom is -0.423 e. The molecule has 5 heteroatoms. The lowest BCUT2D eigenvalue weighted by atomic mass is 10.0. The zero-order valence-electron chi connectivity index (χ0n) is 12.4. The summed E-state index contributed by atoms with van der Waals surface area (Å²) < 4.78 is 45.3. The second-order valence-electron chi connectivity index (χ2n) is 5.34. The van der Waals surface area contributed by atoms with E-state index in [2.05, 4.69) is 0 Å². The smallest absolute Gasteiger partial charge is 0.349 e. The van der Waals surface area contributed by atoms with Crippen LogP contribution in [0.15, 0.2) is 30.3 Å². The lowest BCUT2D eigenvalue weighted by Gasteiger charge is -2.11. The molecule has 0 saturated carbocycles. The summed E-state index contributed by atoms with van der Waals surface area (Å²) in [4.78, 5) is 11.9. The Morgan fingerprint density at radius 1 is 1.05 bits per heavy atom. The highest BCUT2D eigenvalue weighted by Crippen LogP contribution is 2.24. The first-order chi connectivity index (χ1) is 10.3. The van der Waals surface area contributed by atoms with Crippen LogP contribution in [0.2, 0.25) is 0 Å². The summed E-state index contributed by atoms with van der Waals surface area (Å²) in [5.41, 5.74) is 0.727. The van der Waals surface area contributed by atoms with Gasteiger partial charge in [0.05, 0.1) is 0 Å². The van der Waals surface area contributed by atoms with Gasteiger partial charge in [-0.05, 0) is 48.2 Å². The van der Waals surface area contributed by atoms with Crippen molar-refractivity contribution >= 4 is 5.97 Å². The van der Waals surface area contributed by atoms with E-state index in [1.54, 1.807) is 12.1 Å². The topological polar surface area (TPSA) is 26.3 Å². The second kappa shape index (κ2) is 6.22. The van der Waals surface area contributed by atoms with E-state index in [1.165, 1.54) is 0 Å². The van der Waals surface area contributed by atoms with Crippen molar-refractivity contribution in [1.29, 1.82) is 0 Å². The van der Waals surface area contributed by atoms with Gasteiger partial charge < -0.3 is 4.74 Å². The van der Waals surface area contributed by atoms with Gasteiger partial charge in [0.25, 0.3) is 0 Å². The summed E-state index contributed by atoms with van der Waals surface area (Å²) in [6.45, 7) is 5.74. The fraction of sp³-hybridized carbons (Fsp3) is 0.235. The van der Waals surface area contributed by atoms with Crippen LogP contribution in [0.3, 0.4) is 0 Å². The van der Waals surface area contributed by atoms with Crippen molar-refractivity contribution in [1.82, 2.24) is 0 Å². The molecule has 0 aliphatic rings. The van der Waals surface area contributed by atoms with Crippen LogP contribution in [0, 0.1) is 24.4 Å². The molecule has 0 bridgehead atoms. The molecule has 22 heavy (non-hydrogen) atoms. The molecule has 0 saturated heterocycles. The Balaban J connectivity index is 2.36. The molecule has 0 unspecified atom stereocenters. The fourth-order valence-corrected chi connectivity index (χ4v) is 2.04. The van der Waals surface area contributed by atoms with E-state index in [0.717, 1.165) is 11.1 Å². The van der Waals surface area contributed by atoms with E-state index in [0.29, 0.717) is 12.1 Å². The molecule has 0 fully saturated rings. The molecule has 0 spiro atoms. The lowest BCUT2D eigenvalue weighted by Crippen LogP contribution is -2.14. The number of ether oxygens (including phenoxy) is 1. The molecule has 2 nitrogen and oxygen atoms in total. The zero-order valence-corrected chi connectivity index (χ0v) is 12.4. The third kappa shape index (κ3) is 3.30. The van der Waals surface area contributed by atoms with Crippen LogP contribution in [0.5, 0.6) is 5.75 Å². The number of hydrogen-bond donors (Lipinski definition) is 0. The summed E-state index contributed by atoms with van der Waals surface area (Å²) in [7, 11) is 0. The summed E-state index contributed by atoms with van der Waals surface area (Å²) in [6, 6.07) is 6.41. The van der Waals surface area contributed by atoms with Crippen molar-refractivity contribution in [3.8, 4) is 5.75 Å². The van der Waals surface area contributed by atoms with Crippen LogP contribution >= 0.6 is 0 Å². The van der Waals surface area contributed by atoms with Gasteiger partial charge >= 0.3 is 5.97 Å². The number of carbonyl (C=O) groups excluding carboxylic acids is 1. The van der Waals surface area contributed by atoms with E-state index in [1.807, 2.05) is 26.8 Å². The van der Waals surface area contributed by atoms with Crippen molar-refractivity contribution < 1.29 is 22.7 Å². The number of hydrogen-bond acceptors (Lipinski definition) is 2. The third-order valence-electron chi connectivity index (χ3n) is 3.20. The van der Waals surface area contributed by atoms with E-state index in [4.69, 9.17) is 4.74 Å². The molecular formula is C17H15F3O2. The highest BCUT2D eigenvalue weighted by molar-refractivity contribution is 5.91. The molecule has 0 heterocycles. The Bertz CT molecular complexity index is 724.